The van der Waals surface area contributed by atoms with Gasteiger partial charge in [-0.15, -0.1) is 0 Å². The monoisotopic (exact) mass is 461 g/mol. The minimum atomic E-state index is -1.06. The highest BCUT2D eigenvalue weighted by Gasteiger charge is 2.25. The van der Waals surface area contributed by atoms with Gasteiger partial charge in [-0.2, -0.15) is 0 Å². The van der Waals surface area contributed by atoms with Crippen LogP contribution < -0.4 is 20.9 Å². The van der Waals surface area contributed by atoms with Crippen LogP contribution in [0.3, 0.4) is 0 Å². The number of carboxylic acid groups (broad SMARTS) is 1. The van der Waals surface area contributed by atoms with Crippen molar-refractivity contribution in [3.8, 4) is 16.9 Å². The zero-order valence-electron chi connectivity index (χ0n) is 19.2. The molecular weight excluding hydrogens is 434 g/mol. The molecule has 1 amide bonds. The van der Waals surface area contributed by atoms with E-state index in [1.54, 1.807) is 6.92 Å². The highest BCUT2D eigenvalue weighted by atomic mass is 16.5. The lowest BCUT2D eigenvalue weighted by atomic mass is 9.93. The van der Waals surface area contributed by atoms with E-state index in [0.717, 1.165) is 11.3 Å². The number of carbonyl (C=O) groups excluding carboxylic acids is 1. The van der Waals surface area contributed by atoms with E-state index in [4.69, 9.17) is 4.74 Å². The lowest BCUT2D eigenvalue weighted by Gasteiger charge is -2.22. The van der Waals surface area contributed by atoms with E-state index in [0.29, 0.717) is 54.3 Å². The number of anilines is 1. The number of fused-ring (bicyclic) bond motifs is 1. The summed E-state index contributed by atoms with van der Waals surface area (Å²) in [7, 11) is 1.50. The molecule has 0 bridgehead atoms. The van der Waals surface area contributed by atoms with Crippen LogP contribution in [0.2, 0.25) is 0 Å². The van der Waals surface area contributed by atoms with Crippen LogP contribution in [0.1, 0.15) is 27.2 Å². The molecule has 8 heteroatoms. The summed E-state index contributed by atoms with van der Waals surface area (Å²) in [6, 6.07) is 15.2. The molecule has 4 rings (SSSR count). The van der Waals surface area contributed by atoms with Gasteiger partial charge in [-0.25, -0.2) is 0 Å². The van der Waals surface area contributed by atoms with Gasteiger partial charge in [-0.3, -0.25) is 14.4 Å². The number of nitrogens with one attached hydrogen (secondary N) is 2. The normalized spacial score (nSPS) is 12.3. The molecule has 0 saturated carbocycles. The number of carbonyl (C=O) groups is 2. The number of nitrogens with zero attached hydrogens (tertiary/aromatic N) is 1. The molecule has 0 atom stereocenters. The number of hydrogen-bond donors (Lipinski definition) is 3. The summed E-state index contributed by atoms with van der Waals surface area (Å²) in [5, 5.41) is 15.6. The van der Waals surface area contributed by atoms with Gasteiger partial charge in [0.25, 0.3) is 11.5 Å². The first kappa shape index (κ1) is 23.1. The number of carboxylic acids is 1. The van der Waals surface area contributed by atoms with Crippen LogP contribution in [0.15, 0.2) is 53.3 Å². The maximum Gasteiger partial charge on any atom is 0.309 e. The molecule has 0 aliphatic carbocycles. The minimum Gasteiger partial charge on any atom is -0.490 e. The van der Waals surface area contributed by atoms with Crippen LogP contribution in [0.25, 0.3) is 11.1 Å². The lowest BCUT2D eigenvalue weighted by molar-refractivity contribution is -0.136. The fourth-order valence-corrected chi connectivity index (χ4v) is 4.31. The first-order valence-electron chi connectivity index (χ1n) is 11.1. The molecule has 1 aliphatic rings. The second-order valence-corrected chi connectivity index (χ2v) is 8.23. The van der Waals surface area contributed by atoms with Crippen LogP contribution in [-0.4, -0.2) is 41.2 Å². The number of aromatic nitrogens is 1. The van der Waals surface area contributed by atoms with E-state index in [2.05, 4.69) is 10.6 Å². The van der Waals surface area contributed by atoms with Gasteiger partial charge in [0.2, 0.25) is 0 Å². The summed E-state index contributed by atoms with van der Waals surface area (Å²) in [4.78, 5) is 37.9. The van der Waals surface area contributed by atoms with Gasteiger partial charge in [0.05, 0.1) is 12.1 Å². The van der Waals surface area contributed by atoms with Crippen LogP contribution in [-0.2, 0) is 24.7 Å². The molecule has 1 aromatic heterocycles. The van der Waals surface area contributed by atoms with Crippen molar-refractivity contribution < 1.29 is 19.4 Å². The highest BCUT2D eigenvalue weighted by Crippen LogP contribution is 2.35. The third-order valence-corrected chi connectivity index (χ3v) is 5.99. The van der Waals surface area contributed by atoms with E-state index in [-0.39, 0.29) is 12.0 Å². The maximum atomic E-state index is 13.2. The molecule has 2 heterocycles. The van der Waals surface area contributed by atoms with Crippen molar-refractivity contribution in [3.63, 3.8) is 0 Å². The van der Waals surface area contributed by atoms with Gasteiger partial charge >= 0.3 is 5.97 Å². The third-order valence-electron chi connectivity index (χ3n) is 5.99. The zero-order valence-corrected chi connectivity index (χ0v) is 19.2. The van der Waals surface area contributed by atoms with Gasteiger partial charge in [0, 0.05) is 31.4 Å². The molecule has 3 N–H and O–H groups in total. The molecule has 0 saturated heterocycles. The molecule has 0 unspecified atom stereocenters. The van der Waals surface area contributed by atoms with Crippen LogP contribution in [0.4, 0.5) is 5.69 Å². The molecule has 0 spiro atoms. The molecule has 0 radical (unpaired) electrons. The second-order valence-electron chi connectivity index (χ2n) is 8.23. The van der Waals surface area contributed by atoms with E-state index >= 15 is 0 Å². The Morgan fingerprint density at radius 2 is 1.94 bits per heavy atom. The molecule has 176 valence electrons. The topological polar surface area (TPSA) is 110 Å². The predicted molar refractivity (Wildman–Crippen MR) is 130 cm³/mol. The summed E-state index contributed by atoms with van der Waals surface area (Å²) in [6.45, 7) is 3.28. The van der Waals surface area contributed by atoms with E-state index in [1.807, 2.05) is 48.5 Å². The summed E-state index contributed by atoms with van der Waals surface area (Å²) in [5.74, 6) is -0.831. The fourth-order valence-electron chi connectivity index (χ4n) is 4.31. The average molecular weight is 462 g/mol. The van der Waals surface area contributed by atoms with Gasteiger partial charge in [-0.05, 0) is 42.2 Å². The standard InChI is InChI=1S/C26H27N3O5/c1-16-23(18-8-9-21-19(14-18)27-12-13-34-21)20(15-22(30)31)29(2)26(33)24(16)25(32)28-11-10-17-6-4-3-5-7-17/h3-9,14,27H,10-13,15H2,1-2H3,(H,28,32)(H,30,31). The Morgan fingerprint density at radius 1 is 1.18 bits per heavy atom. The number of aliphatic carboxylic acids is 1. The van der Waals surface area contributed by atoms with Gasteiger partial charge in [0.1, 0.15) is 17.9 Å². The molecule has 0 fully saturated rings. The van der Waals surface area contributed by atoms with E-state index in [1.165, 1.54) is 11.6 Å². The molecule has 1 aliphatic heterocycles. The molecule has 34 heavy (non-hydrogen) atoms. The minimum absolute atomic E-state index is 0.0154. The summed E-state index contributed by atoms with van der Waals surface area (Å²) in [6.07, 6.45) is 0.283. The number of benzene rings is 2. The van der Waals surface area contributed by atoms with Crippen molar-refractivity contribution in [3.05, 3.63) is 81.3 Å². The van der Waals surface area contributed by atoms with Gasteiger partial charge < -0.3 is 25.0 Å². The van der Waals surface area contributed by atoms with Crippen molar-refractivity contribution in [1.29, 1.82) is 0 Å². The molecule has 8 nitrogen and oxygen atoms in total. The Bertz CT molecular complexity index is 1300. The lowest BCUT2D eigenvalue weighted by Crippen LogP contribution is -2.36. The van der Waals surface area contributed by atoms with Crippen molar-refractivity contribution in [1.82, 2.24) is 9.88 Å². The van der Waals surface area contributed by atoms with Crippen LogP contribution >= 0.6 is 0 Å². The third kappa shape index (κ3) is 4.66. The number of ether oxygens (including phenoxy) is 1. The van der Waals surface area contributed by atoms with Crippen LogP contribution in [0.5, 0.6) is 5.75 Å². The predicted octanol–water partition coefficient (Wildman–Crippen LogP) is 2.76. The van der Waals surface area contributed by atoms with Crippen molar-refractivity contribution in [2.45, 2.75) is 19.8 Å². The summed E-state index contributed by atoms with van der Waals surface area (Å²) in [5.41, 5.74) is 3.42. The SMILES string of the molecule is Cc1c(-c2ccc3c(c2)NCCO3)c(CC(=O)O)n(C)c(=O)c1C(=O)NCCc1ccccc1. The quantitative estimate of drug-likeness (QED) is 0.499. The highest BCUT2D eigenvalue weighted by molar-refractivity contribution is 5.98. The number of pyridine rings is 1. The summed E-state index contributed by atoms with van der Waals surface area (Å²) < 4.78 is 6.92. The molecular formula is C26H27N3O5. The Labute approximate surface area is 197 Å². The largest absolute Gasteiger partial charge is 0.490 e. The smallest absolute Gasteiger partial charge is 0.309 e. The fraction of sp³-hybridized carbons (Fsp3) is 0.269. The Morgan fingerprint density at radius 3 is 2.68 bits per heavy atom. The van der Waals surface area contributed by atoms with Gasteiger partial charge in [0.15, 0.2) is 0 Å². The summed E-state index contributed by atoms with van der Waals surface area (Å²) >= 11 is 0. The Balaban J connectivity index is 1.74. The number of hydrogen-bond acceptors (Lipinski definition) is 5. The van der Waals surface area contributed by atoms with E-state index < -0.39 is 17.4 Å². The zero-order chi connectivity index (χ0) is 24.2. The van der Waals surface area contributed by atoms with Gasteiger partial charge in [-0.1, -0.05) is 36.4 Å². The Hall–Kier alpha value is -4.07. The first-order chi connectivity index (χ1) is 16.4. The second kappa shape index (κ2) is 9.82. The van der Waals surface area contributed by atoms with Crippen molar-refractivity contribution in [2.24, 2.45) is 7.05 Å². The maximum absolute atomic E-state index is 13.2. The molecule has 3 aromatic rings. The number of amides is 1. The number of rotatable bonds is 7. The van der Waals surface area contributed by atoms with E-state index in [9.17, 15) is 19.5 Å². The first-order valence-corrected chi connectivity index (χ1v) is 11.1. The van der Waals surface area contributed by atoms with Crippen molar-refractivity contribution >= 4 is 17.6 Å². The van der Waals surface area contributed by atoms with Crippen LogP contribution in [0, 0.1) is 6.92 Å². The Kier molecular flexibility index (Phi) is 6.67. The van der Waals surface area contributed by atoms with Crippen molar-refractivity contribution in [2.75, 3.05) is 25.0 Å². The molecule has 2 aromatic carbocycles. The average Bonchev–Trinajstić information content (AvgIpc) is 2.83.